The van der Waals surface area contributed by atoms with Gasteiger partial charge in [0, 0.05) is 6.54 Å². The predicted octanol–water partition coefficient (Wildman–Crippen LogP) is 3.54. The van der Waals surface area contributed by atoms with Crippen LogP contribution >= 0.6 is 0 Å². The molecular weight excluding hydrogens is 213 g/mol. The maximum absolute atomic E-state index is 12.9. The molecule has 0 unspecified atom stereocenters. The summed E-state index contributed by atoms with van der Waals surface area (Å²) in [7, 11) is 0. The highest BCUT2D eigenvalue weighted by Crippen LogP contribution is 2.40. The number of hydrogen-bond acceptors (Lipinski definition) is 1. The molecule has 1 aliphatic carbocycles. The third-order valence-electron chi connectivity index (χ3n) is 3.91. The summed E-state index contributed by atoms with van der Waals surface area (Å²) in [5, 5.41) is 3.49. The molecule has 0 atom stereocenters. The predicted molar refractivity (Wildman–Crippen MR) is 69.5 cm³/mol. The van der Waals surface area contributed by atoms with E-state index < -0.39 is 0 Å². The standard InChI is InChI=1S/C15H22FN/c1-2-17-12-15(9-3-4-10-15)11-13-5-7-14(16)8-6-13/h5-8,17H,2-4,9-12H2,1H3. The number of benzene rings is 1. The molecule has 0 aromatic heterocycles. The van der Waals surface area contributed by atoms with Crippen molar-refractivity contribution in [3.8, 4) is 0 Å². The molecule has 0 heterocycles. The summed E-state index contributed by atoms with van der Waals surface area (Å²) in [4.78, 5) is 0. The van der Waals surface area contributed by atoms with Crippen molar-refractivity contribution < 1.29 is 4.39 Å². The zero-order valence-electron chi connectivity index (χ0n) is 10.6. The molecule has 0 amide bonds. The minimum Gasteiger partial charge on any atom is -0.316 e. The first-order valence-electron chi connectivity index (χ1n) is 6.69. The summed E-state index contributed by atoms with van der Waals surface area (Å²) in [5.41, 5.74) is 1.68. The van der Waals surface area contributed by atoms with Gasteiger partial charge in [0.1, 0.15) is 5.82 Å². The molecule has 17 heavy (non-hydrogen) atoms. The molecule has 1 saturated carbocycles. The Morgan fingerprint density at radius 3 is 2.41 bits per heavy atom. The third-order valence-corrected chi connectivity index (χ3v) is 3.91. The molecule has 1 aliphatic rings. The molecule has 0 saturated heterocycles. The minimum atomic E-state index is -0.138. The van der Waals surface area contributed by atoms with Gasteiger partial charge in [0.2, 0.25) is 0 Å². The Bertz CT molecular complexity index is 338. The fraction of sp³-hybridized carbons (Fsp3) is 0.600. The van der Waals surface area contributed by atoms with Crippen molar-refractivity contribution in [1.29, 1.82) is 0 Å². The minimum absolute atomic E-state index is 0.138. The smallest absolute Gasteiger partial charge is 0.123 e. The van der Waals surface area contributed by atoms with E-state index in [1.807, 2.05) is 12.1 Å². The van der Waals surface area contributed by atoms with Crippen molar-refractivity contribution in [1.82, 2.24) is 5.32 Å². The van der Waals surface area contributed by atoms with Crippen LogP contribution in [0.2, 0.25) is 0 Å². The number of hydrogen-bond donors (Lipinski definition) is 1. The van der Waals surface area contributed by atoms with E-state index >= 15 is 0 Å². The average molecular weight is 235 g/mol. The number of rotatable bonds is 5. The van der Waals surface area contributed by atoms with E-state index in [1.165, 1.54) is 31.2 Å². The highest BCUT2D eigenvalue weighted by Gasteiger charge is 2.33. The van der Waals surface area contributed by atoms with E-state index in [0.717, 1.165) is 19.5 Å². The Balaban J connectivity index is 2.04. The normalized spacial score (nSPS) is 18.5. The summed E-state index contributed by atoms with van der Waals surface area (Å²) in [6, 6.07) is 7.01. The maximum atomic E-state index is 12.9. The average Bonchev–Trinajstić information content (AvgIpc) is 2.79. The molecule has 0 radical (unpaired) electrons. The van der Waals surface area contributed by atoms with Crippen molar-refractivity contribution in [2.45, 2.75) is 39.0 Å². The Labute approximate surface area is 103 Å². The lowest BCUT2D eigenvalue weighted by Gasteiger charge is -2.29. The fourth-order valence-electron chi connectivity index (χ4n) is 2.97. The van der Waals surface area contributed by atoms with Crippen LogP contribution in [-0.2, 0) is 6.42 Å². The van der Waals surface area contributed by atoms with Gasteiger partial charge in [-0.15, -0.1) is 0 Å². The van der Waals surface area contributed by atoms with Gasteiger partial charge in [-0.2, -0.15) is 0 Å². The van der Waals surface area contributed by atoms with Gasteiger partial charge in [0.15, 0.2) is 0 Å². The summed E-state index contributed by atoms with van der Waals surface area (Å²) < 4.78 is 12.9. The van der Waals surface area contributed by atoms with Crippen molar-refractivity contribution in [3.05, 3.63) is 35.6 Å². The van der Waals surface area contributed by atoms with Crippen LogP contribution in [0.25, 0.3) is 0 Å². The highest BCUT2D eigenvalue weighted by atomic mass is 19.1. The second kappa shape index (κ2) is 5.63. The molecule has 94 valence electrons. The second-order valence-corrected chi connectivity index (χ2v) is 5.29. The van der Waals surface area contributed by atoms with Crippen molar-refractivity contribution in [2.75, 3.05) is 13.1 Å². The lowest BCUT2D eigenvalue weighted by molar-refractivity contribution is 0.280. The summed E-state index contributed by atoms with van der Waals surface area (Å²) in [5.74, 6) is -0.138. The summed E-state index contributed by atoms with van der Waals surface area (Å²) in [6.45, 7) is 4.28. The lowest BCUT2D eigenvalue weighted by Crippen LogP contribution is -2.33. The van der Waals surface area contributed by atoms with Crippen LogP contribution in [0, 0.1) is 11.2 Å². The topological polar surface area (TPSA) is 12.0 Å². The van der Waals surface area contributed by atoms with Gasteiger partial charge in [-0.25, -0.2) is 4.39 Å². The van der Waals surface area contributed by atoms with Crippen molar-refractivity contribution in [2.24, 2.45) is 5.41 Å². The van der Waals surface area contributed by atoms with E-state index in [9.17, 15) is 4.39 Å². The third kappa shape index (κ3) is 3.29. The van der Waals surface area contributed by atoms with Crippen LogP contribution in [0.1, 0.15) is 38.2 Å². The van der Waals surface area contributed by atoms with Gasteiger partial charge >= 0.3 is 0 Å². The Morgan fingerprint density at radius 1 is 1.18 bits per heavy atom. The van der Waals surface area contributed by atoms with Crippen LogP contribution in [-0.4, -0.2) is 13.1 Å². The van der Waals surface area contributed by atoms with Gasteiger partial charge in [-0.1, -0.05) is 31.9 Å². The van der Waals surface area contributed by atoms with Crippen LogP contribution in [0.5, 0.6) is 0 Å². The molecule has 2 heteroatoms. The maximum Gasteiger partial charge on any atom is 0.123 e. The van der Waals surface area contributed by atoms with Crippen LogP contribution < -0.4 is 5.32 Å². The zero-order valence-corrected chi connectivity index (χ0v) is 10.6. The molecule has 1 aromatic carbocycles. The first-order chi connectivity index (χ1) is 8.24. The van der Waals surface area contributed by atoms with E-state index in [1.54, 1.807) is 12.1 Å². The molecule has 1 nitrogen and oxygen atoms in total. The highest BCUT2D eigenvalue weighted by molar-refractivity contribution is 5.18. The molecule has 0 aliphatic heterocycles. The van der Waals surface area contributed by atoms with E-state index in [4.69, 9.17) is 0 Å². The monoisotopic (exact) mass is 235 g/mol. The quantitative estimate of drug-likeness (QED) is 0.823. The number of nitrogens with one attached hydrogen (secondary N) is 1. The van der Waals surface area contributed by atoms with Crippen molar-refractivity contribution >= 4 is 0 Å². The fourth-order valence-corrected chi connectivity index (χ4v) is 2.97. The van der Waals surface area contributed by atoms with Crippen LogP contribution in [0.15, 0.2) is 24.3 Å². The van der Waals surface area contributed by atoms with E-state index in [0.29, 0.717) is 5.41 Å². The Kier molecular flexibility index (Phi) is 4.16. The zero-order chi connectivity index (χ0) is 12.1. The number of halogens is 1. The molecule has 0 spiro atoms. The molecule has 1 aromatic rings. The van der Waals surface area contributed by atoms with Gasteiger partial charge in [0.25, 0.3) is 0 Å². The first-order valence-corrected chi connectivity index (χ1v) is 6.69. The molecular formula is C15H22FN. The van der Waals surface area contributed by atoms with E-state index in [2.05, 4.69) is 12.2 Å². The van der Waals surface area contributed by atoms with Crippen molar-refractivity contribution in [3.63, 3.8) is 0 Å². The van der Waals surface area contributed by atoms with E-state index in [-0.39, 0.29) is 5.82 Å². The van der Waals surface area contributed by atoms with Gasteiger partial charge in [0.05, 0.1) is 0 Å². The van der Waals surface area contributed by atoms with Crippen LogP contribution in [0.4, 0.5) is 4.39 Å². The Hall–Kier alpha value is -0.890. The van der Waals surface area contributed by atoms with Gasteiger partial charge < -0.3 is 5.32 Å². The lowest BCUT2D eigenvalue weighted by atomic mass is 9.80. The van der Waals surface area contributed by atoms with Gasteiger partial charge in [-0.05, 0) is 48.9 Å². The molecule has 1 N–H and O–H groups in total. The summed E-state index contributed by atoms with van der Waals surface area (Å²) >= 11 is 0. The molecule has 2 rings (SSSR count). The van der Waals surface area contributed by atoms with Gasteiger partial charge in [-0.3, -0.25) is 0 Å². The summed E-state index contributed by atoms with van der Waals surface area (Å²) in [6.07, 6.45) is 6.37. The Morgan fingerprint density at radius 2 is 1.82 bits per heavy atom. The largest absolute Gasteiger partial charge is 0.316 e. The molecule has 0 bridgehead atoms. The second-order valence-electron chi connectivity index (χ2n) is 5.29. The SMILES string of the molecule is CCNCC1(Cc2ccc(F)cc2)CCCC1. The first kappa shape index (κ1) is 12.6. The molecule has 1 fully saturated rings. The van der Waals surface area contributed by atoms with Crippen LogP contribution in [0.3, 0.4) is 0 Å².